The lowest BCUT2D eigenvalue weighted by Gasteiger charge is -2.37. The molecule has 0 bridgehead atoms. The summed E-state index contributed by atoms with van der Waals surface area (Å²) in [6, 6.07) is 8.52. The molecule has 1 unspecified atom stereocenters. The van der Waals surface area contributed by atoms with Crippen molar-refractivity contribution >= 4 is 29.2 Å². The molecule has 0 saturated carbocycles. The first-order valence-corrected chi connectivity index (χ1v) is 13.9. The van der Waals surface area contributed by atoms with Crippen LogP contribution in [-0.4, -0.2) is 65.7 Å². The van der Waals surface area contributed by atoms with Crippen molar-refractivity contribution in [3.8, 4) is 0 Å². The third-order valence-corrected chi connectivity index (χ3v) is 8.55. The maximum absolute atomic E-state index is 12.1. The number of carbonyl (C=O) groups excluding carboxylic acids is 1. The van der Waals surface area contributed by atoms with E-state index in [0.29, 0.717) is 12.5 Å². The molecule has 0 spiro atoms. The summed E-state index contributed by atoms with van der Waals surface area (Å²) < 4.78 is 0. The van der Waals surface area contributed by atoms with Crippen LogP contribution in [0.15, 0.2) is 81.2 Å². The minimum absolute atomic E-state index is 0.0516. The van der Waals surface area contributed by atoms with Crippen molar-refractivity contribution < 1.29 is 4.79 Å². The Morgan fingerprint density at radius 3 is 2.66 bits per heavy atom. The molecule has 1 aliphatic carbocycles. The highest BCUT2D eigenvalue weighted by Crippen LogP contribution is 2.45. The van der Waals surface area contributed by atoms with Gasteiger partial charge in [-0.15, -0.1) is 0 Å². The number of hydrogen-bond donors (Lipinski definition) is 0. The molecule has 3 aliphatic heterocycles. The molecule has 1 amide bonds. The Balaban J connectivity index is 1.30. The van der Waals surface area contributed by atoms with Gasteiger partial charge in [-0.05, 0) is 49.9 Å². The van der Waals surface area contributed by atoms with E-state index in [9.17, 15) is 4.79 Å². The second-order valence-corrected chi connectivity index (χ2v) is 10.9. The summed E-state index contributed by atoms with van der Waals surface area (Å²) >= 11 is 1.87. The molecule has 5 nitrogen and oxygen atoms in total. The van der Waals surface area contributed by atoms with Gasteiger partial charge in [0.25, 0.3) is 5.91 Å². The van der Waals surface area contributed by atoms with Gasteiger partial charge in [0.1, 0.15) is 5.84 Å². The van der Waals surface area contributed by atoms with Gasteiger partial charge in [-0.25, -0.2) is 4.99 Å². The summed E-state index contributed by atoms with van der Waals surface area (Å²) in [6.07, 6.45) is 13.9. The number of piperazine rings is 1. The zero-order valence-electron chi connectivity index (χ0n) is 20.8. The Labute approximate surface area is 214 Å². The fourth-order valence-electron chi connectivity index (χ4n) is 5.23. The minimum Gasteiger partial charge on any atom is -0.354 e. The van der Waals surface area contributed by atoms with Crippen molar-refractivity contribution in [2.45, 2.75) is 43.9 Å². The first-order chi connectivity index (χ1) is 17.1. The number of para-hydroxylation sites is 1. The van der Waals surface area contributed by atoms with Gasteiger partial charge in [0.2, 0.25) is 0 Å². The SMILES string of the molecule is C=C1C=CC(=O)N1CCC1C=CC2=C(C1)Sc1ccccc1N=C2N1CCN(CCCCC)CC1. The third-order valence-electron chi connectivity index (χ3n) is 7.35. The van der Waals surface area contributed by atoms with Gasteiger partial charge >= 0.3 is 0 Å². The quantitative estimate of drug-likeness (QED) is 0.457. The molecule has 5 rings (SSSR count). The van der Waals surface area contributed by atoms with Gasteiger partial charge in [0.15, 0.2) is 0 Å². The van der Waals surface area contributed by atoms with Crippen LogP contribution in [-0.2, 0) is 4.79 Å². The maximum Gasteiger partial charge on any atom is 0.251 e. The van der Waals surface area contributed by atoms with E-state index in [0.717, 1.165) is 56.2 Å². The van der Waals surface area contributed by atoms with Crippen LogP contribution in [0, 0.1) is 5.92 Å². The fraction of sp³-hybridized carbons (Fsp3) is 0.448. The molecule has 3 heterocycles. The lowest BCUT2D eigenvalue weighted by atomic mass is 9.92. The predicted molar refractivity (Wildman–Crippen MR) is 146 cm³/mol. The van der Waals surface area contributed by atoms with Crippen LogP contribution in [0.3, 0.4) is 0 Å². The zero-order chi connectivity index (χ0) is 24.2. The Morgan fingerprint density at radius 2 is 1.89 bits per heavy atom. The van der Waals surface area contributed by atoms with E-state index in [-0.39, 0.29) is 5.91 Å². The third kappa shape index (κ3) is 5.49. The van der Waals surface area contributed by atoms with E-state index in [1.165, 1.54) is 41.2 Å². The number of amidine groups is 1. The van der Waals surface area contributed by atoms with Gasteiger partial charge in [0.05, 0.1) is 5.69 Å². The number of carbonyl (C=O) groups is 1. The monoisotopic (exact) mass is 488 g/mol. The van der Waals surface area contributed by atoms with E-state index < -0.39 is 0 Å². The highest BCUT2D eigenvalue weighted by atomic mass is 32.2. The highest BCUT2D eigenvalue weighted by Gasteiger charge is 2.29. The number of thioether (sulfide) groups is 1. The number of benzene rings is 1. The second kappa shape index (κ2) is 11.0. The Hall–Kier alpha value is -2.57. The number of allylic oxidation sites excluding steroid dienone is 3. The number of nitrogens with zero attached hydrogens (tertiary/aromatic N) is 4. The van der Waals surface area contributed by atoms with E-state index in [1.54, 1.807) is 11.0 Å². The Kier molecular flexibility index (Phi) is 7.59. The second-order valence-electron chi connectivity index (χ2n) is 9.80. The molecular formula is C29H36N4OS. The number of amides is 1. The van der Waals surface area contributed by atoms with Gasteiger partial charge in [0, 0.05) is 59.9 Å². The first kappa shape index (κ1) is 24.1. The van der Waals surface area contributed by atoms with Crippen molar-refractivity contribution in [2.75, 3.05) is 39.3 Å². The number of aliphatic imine (C=N–C) groups is 1. The Bertz CT molecular complexity index is 1080. The maximum atomic E-state index is 12.1. The summed E-state index contributed by atoms with van der Waals surface area (Å²) in [6.45, 7) is 12.5. The average Bonchev–Trinajstić information content (AvgIpc) is 3.10. The van der Waals surface area contributed by atoms with Crippen molar-refractivity contribution in [1.29, 1.82) is 0 Å². The molecule has 1 aromatic rings. The van der Waals surface area contributed by atoms with Crippen LogP contribution < -0.4 is 0 Å². The summed E-state index contributed by atoms with van der Waals surface area (Å²) in [5.41, 5.74) is 3.16. The molecule has 1 fully saturated rings. The molecule has 0 radical (unpaired) electrons. The smallest absolute Gasteiger partial charge is 0.251 e. The van der Waals surface area contributed by atoms with Crippen molar-refractivity contribution in [2.24, 2.45) is 10.9 Å². The predicted octanol–water partition coefficient (Wildman–Crippen LogP) is 5.76. The van der Waals surface area contributed by atoms with Gasteiger partial charge < -0.3 is 9.80 Å². The van der Waals surface area contributed by atoms with E-state index in [2.05, 4.69) is 59.7 Å². The van der Waals surface area contributed by atoms with Crippen molar-refractivity contribution in [3.63, 3.8) is 0 Å². The summed E-state index contributed by atoms with van der Waals surface area (Å²) in [5.74, 6) is 1.59. The van der Waals surface area contributed by atoms with Crippen LogP contribution in [0.5, 0.6) is 0 Å². The molecule has 4 aliphatic rings. The number of fused-ring (bicyclic) bond motifs is 1. The molecule has 1 atom stereocenters. The van der Waals surface area contributed by atoms with Gasteiger partial charge in [-0.2, -0.15) is 0 Å². The zero-order valence-corrected chi connectivity index (χ0v) is 21.6. The molecular weight excluding hydrogens is 452 g/mol. The number of unbranched alkanes of at least 4 members (excludes halogenated alkanes) is 2. The highest BCUT2D eigenvalue weighted by molar-refractivity contribution is 8.03. The van der Waals surface area contributed by atoms with Gasteiger partial charge in [-0.1, -0.05) is 62.4 Å². The average molecular weight is 489 g/mol. The van der Waals surface area contributed by atoms with Crippen LogP contribution in [0.1, 0.15) is 39.0 Å². The van der Waals surface area contributed by atoms with Crippen LogP contribution in [0.2, 0.25) is 0 Å². The topological polar surface area (TPSA) is 39.2 Å². The molecule has 1 saturated heterocycles. The fourth-order valence-corrected chi connectivity index (χ4v) is 6.42. The van der Waals surface area contributed by atoms with E-state index in [4.69, 9.17) is 4.99 Å². The van der Waals surface area contributed by atoms with Crippen molar-refractivity contribution in [1.82, 2.24) is 14.7 Å². The first-order valence-electron chi connectivity index (χ1n) is 13.1. The number of hydrogen-bond acceptors (Lipinski definition) is 5. The van der Waals surface area contributed by atoms with Crippen LogP contribution >= 0.6 is 11.8 Å². The van der Waals surface area contributed by atoms with Crippen molar-refractivity contribution in [3.05, 3.63) is 71.3 Å². The normalized spacial score (nSPS) is 22.4. The lowest BCUT2D eigenvalue weighted by molar-refractivity contribution is -0.123. The van der Waals surface area contributed by atoms with Gasteiger partial charge in [-0.3, -0.25) is 9.69 Å². The standard InChI is InChI=1S/C29H36N4OS/c1-3-4-7-15-31-17-19-32(20-18-31)29-24-12-11-23(14-16-33-22(2)10-13-28(33)34)21-27(24)35-26-9-6-5-8-25(26)30-29/h5-6,8-13,23H,2-4,7,14-21H2,1H3. The number of rotatable bonds is 7. The molecule has 0 aromatic heterocycles. The summed E-state index contributed by atoms with van der Waals surface area (Å²) in [4.78, 5) is 26.9. The molecule has 1 aromatic carbocycles. The summed E-state index contributed by atoms with van der Waals surface area (Å²) in [5, 5.41) is 0. The largest absolute Gasteiger partial charge is 0.354 e. The Morgan fingerprint density at radius 1 is 1.06 bits per heavy atom. The minimum atomic E-state index is 0.0516. The van der Waals surface area contributed by atoms with E-state index >= 15 is 0 Å². The van der Waals surface area contributed by atoms with Crippen LogP contribution in [0.25, 0.3) is 0 Å². The molecule has 35 heavy (non-hydrogen) atoms. The molecule has 6 heteroatoms. The van der Waals surface area contributed by atoms with Crippen LogP contribution in [0.4, 0.5) is 5.69 Å². The van der Waals surface area contributed by atoms with E-state index in [1.807, 2.05) is 17.8 Å². The molecule has 184 valence electrons. The summed E-state index contributed by atoms with van der Waals surface area (Å²) in [7, 11) is 0. The molecule has 0 N–H and O–H groups in total. The lowest BCUT2D eigenvalue weighted by Crippen LogP contribution is -2.49.